The van der Waals surface area contributed by atoms with Crippen molar-refractivity contribution in [3.8, 4) is 5.75 Å². The fraction of sp³-hybridized carbons (Fsp3) is 0.533. The quantitative estimate of drug-likeness (QED) is 0.848. The molecular formula is C15H24N2O2. The summed E-state index contributed by atoms with van der Waals surface area (Å²) in [6, 6.07) is 4.01. The van der Waals surface area contributed by atoms with Gasteiger partial charge in [0.25, 0.3) is 0 Å². The molecule has 0 saturated heterocycles. The van der Waals surface area contributed by atoms with Gasteiger partial charge in [0.2, 0.25) is 5.91 Å². The van der Waals surface area contributed by atoms with Gasteiger partial charge in [-0.15, -0.1) is 0 Å². The molecule has 19 heavy (non-hydrogen) atoms. The Hall–Kier alpha value is -1.55. The molecule has 1 aromatic carbocycles. The fourth-order valence-electron chi connectivity index (χ4n) is 1.91. The van der Waals surface area contributed by atoms with Crippen LogP contribution < -0.4 is 10.2 Å². The molecule has 4 heteroatoms. The van der Waals surface area contributed by atoms with Gasteiger partial charge in [0.15, 0.2) is 0 Å². The van der Waals surface area contributed by atoms with Gasteiger partial charge in [-0.05, 0) is 44.9 Å². The van der Waals surface area contributed by atoms with E-state index in [9.17, 15) is 4.79 Å². The maximum atomic E-state index is 12.3. The highest BCUT2D eigenvalue weighted by Crippen LogP contribution is 2.34. The Labute approximate surface area is 115 Å². The molecule has 0 bridgehead atoms. The van der Waals surface area contributed by atoms with E-state index in [0.29, 0.717) is 0 Å². The first-order valence-electron chi connectivity index (χ1n) is 6.34. The molecule has 4 nitrogen and oxygen atoms in total. The lowest BCUT2D eigenvalue weighted by Gasteiger charge is -2.28. The minimum Gasteiger partial charge on any atom is -0.496 e. The van der Waals surface area contributed by atoms with Crippen LogP contribution in [0.2, 0.25) is 0 Å². The van der Waals surface area contributed by atoms with Crippen LogP contribution in [0, 0.1) is 13.8 Å². The summed E-state index contributed by atoms with van der Waals surface area (Å²) in [5.74, 6) is 0.695. The Morgan fingerprint density at radius 2 is 1.74 bits per heavy atom. The number of hydrogen-bond acceptors (Lipinski definition) is 3. The van der Waals surface area contributed by atoms with Crippen molar-refractivity contribution in [3.63, 3.8) is 0 Å². The topological polar surface area (TPSA) is 41.6 Å². The molecule has 1 rings (SSSR count). The van der Waals surface area contributed by atoms with Crippen molar-refractivity contribution in [2.75, 3.05) is 21.2 Å². The molecule has 0 radical (unpaired) electrons. The average molecular weight is 264 g/mol. The van der Waals surface area contributed by atoms with Gasteiger partial charge in [-0.1, -0.05) is 6.07 Å². The van der Waals surface area contributed by atoms with E-state index in [4.69, 9.17) is 4.74 Å². The summed E-state index contributed by atoms with van der Waals surface area (Å²) in [4.78, 5) is 12.3. The number of methoxy groups -OCH3 is 1. The van der Waals surface area contributed by atoms with Crippen LogP contribution in [0.15, 0.2) is 12.1 Å². The smallest absolute Gasteiger partial charge is 0.244 e. The van der Waals surface area contributed by atoms with E-state index < -0.39 is 5.41 Å². The molecule has 0 heterocycles. The van der Waals surface area contributed by atoms with E-state index in [1.807, 2.05) is 39.8 Å². The van der Waals surface area contributed by atoms with Crippen molar-refractivity contribution in [3.05, 3.63) is 28.8 Å². The molecule has 1 aromatic rings. The number of benzene rings is 1. The number of carbonyl (C=O) groups is 1. The zero-order valence-corrected chi connectivity index (χ0v) is 12.9. The first kappa shape index (κ1) is 15.5. The van der Waals surface area contributed by atoms with E-state index >= 15 is 0 Å². The Bertz CT molecular complexity index is 479. The van der Waals surface area contributed by atoms with Gasteiger partial charge in [0, 0.05) is 19.7 Å². The Morgan fingerprint density at radius 1 is 1.21 bits per heavy atom. The zero-order valence-electron chi connectivity index (χ0n) is 12.9. The highest BCUT2D eigenvalue weighted by molar-refractivity contribution is 5.87. The summed E-state index contributed by atoms with van der Waals surface area (Å²) in [6.07, 6.45) is 0. The van der Waals surface area contributed by atoms with Crippen LogP contribution in [0.1, 0.15) is 30.5 Å². The zero-order chi connectivity index (χ0) is 14.8. The molecule has 0 aliphatic rings. The minimum absolute atomic E-state index is 0.0564. The van der Waals surface area contributed by atoms with Crippen LogP contribution >= 0.6 is 0 Å². The number of rotatable bonds is 4. The maximum Gasteiger partial charge on any atom is 0.244 e. The van der Waals surface area contributed by atoms with Crippen molar-refractivity contribution in [2.45, 2.75) is 33.1 Å². The number of nitrogens with one attached hydrogen (secondary N) is 1. The first-order chi connectivity index (χ1) is 8.70. The van der Waals surface area contributed by atoms with Gasteiger partial charge in [0.1, 0.15) is 5.75 Å². The molecule has 0 unspecified atom stereocenters. The third-order valence-corrected chi connectivity index (χ3v) is 3.38. The molecule has 0 aliphatic carbocycles. The molecule has 106 valence electrons. The predicted molar refractivity (Wildman–Crippen MR) is 77.3 cm³/mol. The second-order valence-corrected chi connectivity index (χ2v) is 5.60. The molecule has 0 aromatic heterocycles. The third-order valence-electron chi connectivity index (χ3n) is 3.38. The highest BCUT2D eigenvalue weighted by atomic mass is 16.5. The van der Waals surface area contributed by atoms with E-state index in [-0.39, 0.29) is 5.91 Å². The Balaban J connectivity index is 3.27. The molecule has 0 saturated carbocycles. The van der Waals surface area contributed by atoms with Crippen molar-refractivity contribution in [2.24, 2.45) is 0 Å². The number of ether oxygens (including phenoxy) is 1. The summed E-state index contributed by atoms with van der Waals surface area (Å²) >= 11 is 0. The molecule has 0 atom stereocenters. The van der Waals surface area contributed by atoms with Crippen LogP contribution in [0.5, 0.6) is 5.75 Å². The Morgan fingerprint density at radius 3 is 2.21 bits per heavy atom. The largest absolute Gasteiger partial charge is 0.496 e. The predicted octanol–water partition coefficient (Wildman–Crippen LogP) is 2.18. The van der Waals surface area contributed by atoms with Crippen LogP contribution in [0.25, 0.3) is 0 Å². The van der Waals surface area contributed by atoms with E-state index in [2.05, 4.69) is 5.43 Å². The molecular weight excluding hydrogens is 240 g/mol. The van der Waals surface area contributed by atoms with Crippen molar-refractivity contribution in [1.29, 1.82) is 0 Å². The molecule has 1 amide bonds. The Kier molecular flexibility index (Phi) is 4.58. The summed E-state index contributed by atoms with van der Waals surface area (Å²) in [5, 5.41) is 1.65. The van der Waals surface area contributed by atoms with Gasteiger partial charge in [0.05, 0.1) is 12.5 Å². The van der Waals surface area contributed by atoms with Crippen molar-refractivity contribution in [1.82, 2.24) is 10.4 Å². The molecule has 0 fully saturated rings. The number of carbonyl (C=O) groups excluding carboxylic acids is 1. The van der Waals surface area contributed by atoms with Crippen LogP contribution in [-0.4, -0.2) is 32.1 Å². The van der Waals surface area contributed by atoms with Gasteiger partial charge >= 0.3 is 0 Å². The van der Waals surface area contributed by atoms with E-state index in [1.165, 1.54) is 0 Å². The van der Waals surface area contributed by atoms with E-state index in [1.54, 1.807) is 26.2 Å². The fourth-order valence-corrected chi connectivity index (χ4v) is 1.91. The normalized spacial score (nSPS) is 11.6. The average Bonchev–Trinajstić information content (AvgIpc) is 2.30. The number of hydrogen-bond donors (Lipinski definition) is 1. The lowest BCUT2D eigenvalue weighted by molar-refractivity contribution is -0.129. The summed E-state index contributed by atoms with van der Waals surface area (Å²) in [5.41, 5.74) is 5.36. The summed E-state index contributed by atoms with van der Waals surface area (Å²) < 4.78 is 5.43. The van der Waals surface area contributed by atoms with Crippen LogP contribution in [0.3, 0.4) is 0 Å². The van der Waals surface area contributed by atoms with Crippen molar-refractivity contribution < 1.29 is 9.53 Å². The second-order valence-electron chi connectivity index (χ2n) is 5.60. The number of aryl methyl sites for hydroxylation is 2. The molecule has 0 spiro atoms. The number of nitrogens with zero attached hydrogens (tertiary/aromatic N) is 1. The minimum atomic E-state index is -0.659. The second kappa shape index (κ2) is 5.61. The van der Waals surface area contributed by atoms with Gasteiger partial charge in [-0.3, -0.25) is 10.2 Å². The number of amides is 1. The third kappa shape index (κ3) is 3.26. The van der Waals surface area contributed by atoms with Gasteiger partial charge < -0.3 is 4.74 Å². The monoisotopic (exact) mass is 264 g/mol. The van der Waals surface area contributed by atoms with Crippen LogP contribution in [-0.2, 0) is 10.2 Å². The standard InChI is InChI=1S/C15H24N2O2/c1-10-8-12(13(19-7)9-11(10)2)15(3,4)14(18)16-17(5)6/h8-9H,1-7H3,(H,16,18). The maximum absolute atomic E-state index is 12.3. The van der Waals surface area contributed by atoms with Crippen molar-refractivity contribution >= 4 is 5.91 Å². The lowest BCUT2D eigenvalue weighted by atomic mass is 9.81. The molecule has 1 N–H and O–H groups in total. The SMILES string of the molecule is COc1cc(C)c(C)cc1C(C)(C)C(=O)NN(C)C. The van der Waals surface area contributed by atoms with Crippen LogP contribution in [0.4, 0.5) is 0 Å². The van der Waals surface area contributed by atoms with Gasteiger partial charge in [-0.25, -0.2) is 5.01 Å². The number of hydrazine groups is 1. The highest BCUT2D eigenvalue weighted by Gasteiger charge is 2.33. The molecule has 0 aliphatic heterocycles. The first-order valence-corrected chi connectivity index (χ1v) is 6.34. The van der Waals surface area contributed by atoms with E-state index in [0.717, 1.165) is 22.4 Å². The van der Waals surface area contributed by atoms with Gasteiger partial charge in [-0.2, -0.15) is 0 Å². The summed E-state index contributed by atoms with van der Waals surface area (Å²) in [7, 11) is 5.23. The summed E-state index contributed by atoms with van der Waals surface area (Å²) in [6.45, 7) is 7.88. The lowest BCUT2D eigenvalue weighted by Crippen LogP contribution is -2.46.